The van der Waals surface area contributed by atoms with Gasteiger partial charge in [-0.15, -0.1) is 0 Å². The Balaban J connectivity index is 2.95. The summed E-state index contributed by atoms with van der Waals surface area (Å²) < 4.78 is 6.69. The van der Waals surface area contributed by atoms with Crippen molar-refractivity contribution in [2.24, 2.45) is 5.73 Å². The first-order valence-electron chi connectivity index (χ1n) is 5.15. The molecule has 0 amide bonds. The first kappa shape index (κ1) is 14.8. The van der Waals surface area contributed by atoms with E-state index in [2.05, 4.69) is 15.9 Å². The van der Waals surface area contributed by atoms with Gasteiger partial charge in [-0.1, -0.05) is 39.1 Å². The van der Waals surface area contributed by atoms with E-state index >= 15 is 0 Å². The van der Waals surface area contributed by atoms with Gasteiger partial charge in [0.05, 0.1) is 5.03 Å². The maximum Gasteiger partial charge on any atom is 0.126 e. The van der Waals surface area contributed by atoms with Crippen LogP contribution in [0.15, 0.2) is 27.2 Å². The Labute approximate surface area is 120 Å². The Morgan fingerprint density at radius 2 is 2.24 bits per heavy atom. The minimum Gasteiger partial charge on any atom is -0.487 e. The van der Waals surface area contributed by atoms with Crippen molar-refractivity contribution in [3.63, 3.8) is 0 Å². The van der Waals surface area contributed by atoms with E-state index in [1.807, 2.05) is 19.1 Å². The van der Waals surface area contributed by atoms with Crippen LogP contribution in [-0.2, 0) is 6.42 Å². The van der Waals surface area contributed by atoms with E-state index in [1.54, 1.807) is 0 Å². The van der Waals surface area contributed by atoms with Crippen LogP contribution in [-0.4, -0.2) is 13.2 Å². The maximum absolute atomic E-state index is 5.80. The molecule has 0 saturated heterocycles. The number of ether oxygens (including phenoxy) is 1. The van der Waals surface area contributed by atoms with Gasteiger partial charge in [-0.25, -0.2) is 0 Å². The molecule has 94 valence electrons. The average Bonchev–Trinajstić information content (AvgIpc) is 2.27. The van der Waals surface area contributed by atoms with E-state index in [4.69, 9.17) is 33.7 Å². The highest BCUT2D eigenvalue weighted by Crippen LogP contribution is 2.29. The Hall–Kier alpha value is -0.220. The summed E-state index contributed by atoms with van der Waals surface area (Å²) in [7, 11) is 0. The minimum absolute atomic E-state index is 0.269. The van der Waals surface area contributed by atoms with Crippen molar-refractivity contribution in [2.75, 3.05) is 13.2 Å². The summed E-state index contributed by atoms with van der Waals surface area (Å²) in [6.07, 6.45) is 0.762. The third-order valence-electron chi connectivity index (χ3n) is 2.20. The van der Waals surface area contributed by atoms with Crippen LogP contribution in [0.4, 0.5) is 0 Å². The smallest absolute Gasteiger partial charge is 0.126 e. The van der Waals surface area contributed by atoms with Crippen molar-refractivity contribution in [1.29, 1.82) is 0 Å². The lowest BCUT2D eigenvalue weighted by molar-refractivity contribution is 0.352. The molecule has 5 heteroatoms. The normalized spacial score (nSPS) is 11.7. The van der Waals surface area contributed by atoms with Gasteiger partial charge in [-0.05, 0) is 43.1 Å². The first-order chi connectivity index (χ1) is 8.08. The number of rotatable bonds is 5. The summed E-state index contributed by atoms with van der Waals surface area (Å²) in [6, 6.07) is 4.00. The molecule has 0 aliphatic carbocycles. The fraction of sp³-hybridized carbons (Fsp3) is 0.333. The summed E-state index contributed by atoms with van der Waals surface area (Å²) in [5, 5.41) is 0.465. The van der Waals surface area contributed by atoms with Crippen LogP contribution < -0.4 is 10.5 Å². The molecule has 0 bridgehead atoms. The SMILES string of the molecule is Cc1cc(Br)cc(CCN)c1OC/C(Cl)=C/Cl. The topological polar surface area (TPSA) is 35.2 Å². The Bertz CT molecular complexity index is 421. The monoisotopic (exact) mass is 337 g/mol. The zero-order valence-electron chi connectivity index (χ0n) is 9.47. The first-order valence-corrected chi connectivity index (χ1v) is 6.76. The van der Waals surface area contributed by atoms with E-state index in [9.17, 15) is 0 Å². The number of hydrogen-bond acceptors (Lipinski definition) is 2. The van der Waals surface area contributed by atoms with Gasteiger partial charge in [-0.2, -0.15) is 0 Å². The van der Waals surface area contributed by atoms with E-state index in [-0.39, 0.29) is 6.61 Å². The zero-order valence-corrected chi connectivity index (χ0v) is 12.6. The fourth-order valence-corrected chi connectivity index (χ4v) is 2.26. The third-order valence-corrected chi connectivity index (χ3v) is 3.25. The molecular formula is C12H14BrCl2NO. The molecule has 1 rings (SSSR count). The largest absolute Gasteiger partial charge is 0.487 e. The fourth-order valence-electron chi connectivity index (χ4n) is 1.52. The number of halogens is 3. The number of hydrogen-bond donors (Lipinski definition) is 1. The highest BCUT2D eigenvalue weighted by molar-refractivity contribution is 9.10. The predicted molar refractivity (Wildman–Crippen MR) is 76.9 cm³/mol. The molecule has 1 aromatic rings. The van der Waals surface area contributed by atoms with Crippen molar-refractivity contribution in [3.8, 4) is 5.75 Å². The quantitative estimate of drug-likeness (QED) is 0.882. The van der Waals surface area contributed by atoms with Gasteiger partial charge in [-0.3, -0.25) is 0 Å². The van der Waals surface area contributed by atoms with E-state index < -0.39 is 0 Å². The highest BCUT2D eigenvalue weighted by Gasteiger charge is 2.09. The van der Waals surface area contributed by atoms with Gasteiger partial charge < -0.3 is 10.5 Å². The van der Waals surface area contributed by atoms with Crippen molar-refractivity contribution in [3.05, 3.63) is 38.3 Å². The van der Waals surface area contributed by atoms with Crippen molar-refractivity contribution in [2.45, 2.75) is 13.3 Å². The molecule has 0 saturated carbocycles. The molecule has 2 N–H and O–H groups in total. The summed E-state index contributed by atoms with van der Waals surface area (Å²) >= 11 is 14.7. The second kappa shape index (κ2) is 7.27. The van der Waals surface area contributed by atoms with Crippen molar-refractivity contribution < 1.29 is 4.74 Å². The van der Waals surface area contributed by atoms with Crippen LogP contribution >= 0.6 is 39.1 Å². The molecular weight excluding hydrogens is 325 g/mol. The number of aryl methyl sites for hydroxylation is 1. The van der Waals surface area contributed by atoms with Gasteiger partial charge in [0, 0.05) is 10.0 Å². The summed E-state index contributed by atoms with van der Waals surface area (Å²) in [5.74, 6) is 0.829. The highest BCUT2D eigenvalue weighted by atomic mass is 79.9. The average molecular weight is 339 g/mol. The molecule has 0 aliphatic heterocycles. The van der Waals surface area contributed by atoms with Gasteiger partial charge in [0.1, 0.15) is 12.4 Å². The molecule has 0 fully saturated rings. The van der Waals surface area contributed by atoms with Crippen LogP contribution in [0.1, 0.15) is 11.1 Å². The van der Waals surface area contributed by atoms with Crippen molar-refractivity contribution in [1.82, 2.24) is 0 Å². The second-order valence-electron chi connectivity index (χ2n) is 3.59. The van der Waals surface area contributed by atoms with E-state index in [0.29, 0.717) is 11.6 Å². The molecule has 0 heterocycles. The maximum atomic E-state index is 5.80. The van der Waals surface area contributed by atoms with Gasteiger partial charge in [0.25, 0.3) is 0 Å². The molecule has 0 aromatic heterocycles. The Morgan fingerprint density at radius 3 is 2.82 bits per heavy atom. The summed E-state index contributed by atoms with van der Waals surface area (Å²) in [5.41, 5.74) is 9.00. The lowest BCUT2D eigenvalue weighted by Crippen LogP contribution is -2.07. The Morgan fingerprint density at radius 1 is 1.53 bits per heavy atom. The van der Waals surface area contributed by atoms with Crippen molar-refractivity contribution >= 4 is 39.1 Å². The summed E-state index contributed by atoms with van der Waals surface area (Å²) in [4.78, 5) is 0. The van der Waals surface area contributed by atoms with Crippen LogP contribution in [0.3, 0.4) is 0 Å². The predicted octanol–water partition coefficient (Wildman–Crippen LogP) is 3.96. The second-order valence-corrected chi connectivity index (χ2v) is 5.21. The van der Waals surface area contributed by atoms with Gasteiger partial charge >= 0.3 is 0 Å². The summed E-state index contributed by atoms with van der Waals surface area (Å²) in [6.45, 7) is 2.83. The Kier molecular flexibility index (Phi) is 6.34. The minimum atomic E-state index is 0.269. The molecule has 0 radical (unpaired) electrons. The van der Waals surface area contributed by atoms with E-state index in [1.165, 1.54) is 5.54 Å². The molecule has 1 aromatic carbocycles. The zero-order chi connectivity index (χ0) is 12.8. The number of benzene rings is 1. The van der Waals surface area contributed by atoms with E-state index in [0.717, 1.165) is 27.8 Å². The standard InChI is InChI=1S/C12H14BrCl2NO/c1-8-4-10(13)5-9(2-3-16)12(8)17-7-11(15)6-14/h4-6H,2-3,7,16H2,1H3/b11-6-. The molecule has 0 aliphatic rings. The lowest BCUT2D eigenvalue weighted by Gasteiger charge is -2.14. The van der Waals surface area contributed by atoms with Gasteiger partial charge in [0.15, 0.2) is 0 Å². The molecule has 2 nitrogen and oxygen atoms in total. The molecule has 0 unspecified atom stereocenters. The van der Waals surface area contributed by atoms with Gasteiger partial charge in [0.2, 0.25) is 0 Å². The third kappa shape index (κ3) is 4.51. The number of nitrogens with two attached hydrogens (primary N) is 1. The van der Waals surface area contributed by atoms with Crippen LogP contribution in [0.2, 0.25) is 0 Å². The van der Waals surface area contributed by atoms with Crippen LogP contribution in [0.25, 0.3) is 0 Å². The molecule has 17 heavy (non-hydrogen) atoms. The molecule has 0 atom stereocenters. The van der Waals surface area contributed by atoms with Crippen LogP contribution in [0, 0.1) is 6.92 Å². The van der Waals surface area contributed by atoms with Crippen LogP contribution in [0.5, 0.6) is 5.75 Å². The lowest BCUT2D eigenvalue weighted by atomic mass is 10.1. The molecule has 0 spiro atoms.